The van der Waals surface area contributed by atoms with Gasteiger partial charge in [-0.2, -0.15) is 18.3 Å². The number of halogens is 5. The predicted octanol–water partition coefficient (Wildman–Crippen LogP) is 8.96. The smallest absolute Gasteiger partial charge is 0.416 e. The number of fused-ring (bicyclic) bond motifs is 1. The summed E-state index contributed by atoms with van der Waals surface area (Å²) in [6.07, 6.45) is -3.33. The van der Waals surface area contributed by atoms with Crippen LogP contribution in [0.5, 0.6) is 11.5 Å². The quantitative estimate of drug-likeness (QED) is 0.0975. The highest BCUT2D eigenvalue weighted by Crippen LogP contribution is 2.42. The van der Waals surface area contributed by atoms with Gasteiger partial charge in [-0.05, 0) is 64.7 Å². The van der Waals surface area contributed by atoms with Crippen LogP contribution in [0.25, 0.3) is 22.2 Å². The third-order valence-corrected chi connectivity index (χ3v) is 10.3. The summed E-state index contributed by atoms with van der Waals surface area (Å²) in [5.41, 5.74) is -0.661. The molecule has 0 spiro atoms. The van der Waals surface area contributed by atoms with Crippen LogP contribution >= 0.6 is 0 Å². The minimum absolute atomic E-state index is 0.0138. The third kappa shape index (κ3) is 7.61. The number of rotatable bonds is 12. The van der Waals surface area contributed by atoms with E-state index in [1.165, 1.54) is 38.4 Å². The van der Waals surface area contributed by atoms with Gasteiger partial charge in [0.05, 0.1) is 23.7 Å². The number of amides is 1. The van der Waals surface area contributed by atoms with Gasteiger partial charge < -0.3 is 14.8 Å². The molecular formula is C46H35F5N6O4. The summed E-state index contributed by atoms with van der Waals surface area (Å²) in [7, 11) is 2.57. The number of aromatic nitrogens is 5. The van der Waals surface area contributed by atoms with Crippen LogP contribution in [0, 0.1) is 11.6 Å². The summed E-state index contributed by atoms with van der Waals surface area (Å²) in [5.74, 6) is -2.73. The molecule has 8 aromatic rings. The molecule has 61 heavy (non-hydrogen) atoms. The molecule has 0 saturated heterocycles. The van der Waals surface area contributed by atoms with E-state index in [-0.39, 0.29) is 51.8 Å². The zero-order valence-corrected chi connectivity index (χ0v) is 32.5. The summed E-state index contributed by atoms with van der Waals surface area (Å²) in [4.78, 5) is 31.0. The first kappa shape index (κ1) is 40.2. The maximum Gasteiger partial charge on any atom is 0.416 e. The van der Waals surface area contributed by atoms with Crippen molar-refractivity contribution in [2.45, 2.75) is 24.9 Å². The summed E-state index contributed by atoms with van der Waals surface area (Å²) < 4.78 is 88.3. The molecule has 0 saturated carbocycles. The van der Waals surface area contributed by atoms with Crippen LogP contribution < -0.4 is 20.5 Å². The average Bonchev–Trinajstić information content (AvgIpc) is 3.82. The molecule has 0 bridgehead atoms. The molecule has 0 radical (unpaired) electrons. The van der Waals surface area contributed by atoms with Crippen molar-refractivity contribution in [3.05, 3.63) is 196 Å². The van der Waals surface area contributed by atoms with Gasteiger partial charge >= 0.3 is 11.9 Å². The first-order chi connectivity index (χ1) is 29.4. The maximum absolute atomic E-state index is 16.2. The molecule has 0 fully saturated rings. The highest BCUT2D eigenvalue weighted by atomic mass is 19.4. The number of hydrogen-bond acceptors (Lipinski definition) is 6. The number of alkyl halides is 3. The molecule has 2 aromatic heterocycles. The predicted molar refractivity (Wildman–Crippen MR) is 218 cm³/mol. The van der Waals surface area contributed by atoms with Crippen LogP contribution in [0.2, 0.25) is 0 Å². The van der Waals surface area contributed by atoms with Crippen LogP contribution in [0.4, 0.5) is 27.6 Å². The lowest BCUT2D eigenvalue weighted by Gasteiger charge is -2.35. The molecule has 6 aromatic carbocycles. The fraction of sp³-hybridized carbons (Fsp3) is 0.130. The number of aryl methyl sites for hydroxylation is 1. The number of nitrogens with zero attached hydrogens (tertiary/aromatic N) is 5. The minimum Gasteiger partial charge on any atom is -0.493 e. The van der Waals surface area contributed by atoms with E-state index in [4.69, 9.17) is 14.6 Å². The van der Waals surface area contributed by atoms with Crippen LogP contribution in [-0.2, 0) is 36.7 Å². The summed E-state index contributed by atoms with van der Waals surface area (Å²) in [6.45, 7) is -1.03. The Labute approximate surface area is 345 Å². The molecule has 15 heteroatoms. The van der Waals surface area contributed by atoms with E-state index in [1.54, 1.807) is 11.0 Å². The maximum atomic E-state index is 16.2. The lowest BCUT2D eigenvalue weighted by atomic mass is 9.77. The van der Waals surface area contributed by atoms with Gasteiger partial charge in [0.2, 0.25) is 5.91 Å². The first-order valence-electron chi connectivity index (χ1n) is 18.8. The second-order valence-electron chi connectivity index (χ2n) is 14.1. The van der Waals surface area contributed by atoms with Crippen LogP contribution in [-0.4, -0.2) is 36.9 Å². The lowest BCUT2D eigenvalue weighted by molar-refractivity contribution is -0.137. The van der Waals surface area contributed by atoms with Crippen molar-refractivity contribution >= 4 is 22.6 Å². The van der Waals surface area contributed by atoms with Gasteiger partial charge in [0.25, 0.3) is 0 Å². The molecule has 1 amide bonds. The standard InChI is InChI=1S/C46H35F5N6O4/c1-55-42-36(23-33(46(49,50)51)24-38(42)56(44(55)59)26-41(58)53-35-20-12-19-34(47)25-35)29-21-37(48)43(39(22-29)60-2)61-27-40-52-28-57(54-40)45(30-13-6-3-7-14-30,31-15-8-4-9-16-31)32-17-10-5-11-18-32/h3-25,28H,26-27H2,1-2H3,(H,53,58). The number of hydrogen-bond donors (Lipinski definition) is 1. The van der Waals surface area contributed by atoms with Crippen molar-refractivity contribution in [3.63, 3.8) is 0 Å². The van der Waals surface area contributed by atoms with E-state index in [0.29, 0.717) is 0 Å². The fourth-order valence-electron chi connectivity index (χ4n) is 7.62. The third-order valence-electron chi connectivity index (χ3n) is 10.3. The summed E-state index contributed by atoms with van der Waals surface area (Å²) in [5, 5.41) is 7.29. The molecule has 1 N–H and O–H groups in total. The second kappa shape index (κ2) is 16.2. The average molecular weight is 831 g/mol. The highest BCUT2D eigenvalue weighted by Gasteiger charge is 2.40. The SMILES string of the molecule is COc1cc(-c2cc(C(F)(F)F)cc3c2n(C)c(=O)n3CC(=O)Nc2cccc(F)c2)cc(F)c1OCc1ncn(C(c2ccccc2)(c2ccccc2)c2ccccc2)n1. The van der Waals surface area contributed by atoms with Crippen LogP contribution in [0.3, 0.4) is 0 Å². The summed E-state index contributed by atoms with van der Waals surface area (Å²) >= 11 is 0. The van der Waals surface area contributed by atoms with E-state index >= 15 is 4.39 Å². The van der Waals surface area contributed by atoms with Crippen LogP contribution in [0.15, 0.2) is 151 Å². The van der Waals surface area contributed by atoms with Gasteiger partial charge in [-0.25, -0.2) is 23.2 Å². The molecule has 8 rings (SSSR count). The number of benzene rings is 6. The minimum atomic E-state index is -4.90. The number of nitrogens with one attached hydrogen (secondary N) is 1. The lowest BCUT2D eigenvalue weighted by Crippen LogP contribution is -2.38. The van der Waals surface area contributed by atoms with Gasteiger partial charge in [0, 0.05) is 18.3 Å². The highest BCUT2D eigenvalue weighted by molar-refractivity contribution is 5.96. The topological polar surface area (TPSA) is 105 Å². The molecule has 308 valence electrons. The number of carbonyl (C=O) groups is 1. The Bertz CT molecular complexity index is 2830. The molecule has 0 atom stereocenters. The van der Waals surface area contributed by atoms with E-state index in [1.807, 2.05) is 91.0 Å². The van der Waals surface area contributed by atoms with E-state index in [0.717, 1.165) is 50.1 Å². The van der Waals surface area contributed by atoms with Gasteiger partial charge in [-0.15, -0.1) is 0 Å². The fourth-order valence-corrected chi connectivity index (χ4v) is 7.62. The Kier molecular flexibility index (Phi) is 10.7. The zero-order chi connectivity index (χ0) is 42.9. The largest absolute Gasteiger partial charge is 0.493 e. The number of anilines is 1. The Morgan fingerprint density at radius 3 is 1.97 bits per heavy atom. The first-order valence-corrected chi connectivity index (χ1v) is 18.8. The molecule has 0 aliphatic rings. The van der Waals surface area contributed by atoms with Crippen molar-refractivity contribution in [3.8, 4) is 22.6 Å². The summed E-state index contributed by atoms with van der Waals surface area (Å²) in [6, 6.07) is 38.2. The van der Waals surface area contributed by atoms with Gasteiger partial charge in [0.1, 0.15) is 30.8 Å². The van der Waals surface area contributed by atoms with E-state index < -0.39 is 47.1 Å². The van der Waals surface area contributed by atoms with Crippen molar-refractivity contribution < 1.29 is 36.2 Å². The van der Waals surface area contributed by atoms with Crippen molar-refractivity contribution in [2.75, 3.05) is 12.4 Å². The van der Waals surface area contributed by atoms with Crippen molar-refractivity contribution in [1.29, 1.82) is 0 Å². The van der Waals surface area contributed by atoms with Crippen LogP contribution in [0.1, 0.15) is 28.1 Å². The van der Waals surface area contributed by atoms with Crippen molar-refractivity contribution in [2.24, 2.45) is 7.05 Å². The number of methoxy groups -OCH3 is 1. The van der Waals surface area contributed by atoms with Gasteiger partial charge in [-0.3, -0.25) is 13.9 Å². The molecular weight excluding hydrogens is 796 g/mol. The molecule has 10 nitrogen and oxygen atoms in total. The Morgan fingerprint density at radius 2 is 1.39 bits per heavy atom. The van der Waals surface area contributed by atoms with Crippen molar-refractivity contribution in [1.82, 2.24) is 23.9 Å². The Morgan fingerprint density at radius 1 is 0.770 bits per heavy atom. The Balaban J connectivity index is 1.15. The van der Waals surface area contributed by atoms with E-state index in [9.17, 15) is 27.2 Å². The molecule has 2 heterocycles. The zero-order valence-electron chi connectivity index (χ0n) is 32.5. The molecule has 0 unspecified atom stereocenters. The molecule has 0 aliphatic heterocycles. The molecule has 0 aliphatic carbocycles. The monoisotopic (exact) mass is 830 g/mol. The number of imidazole rings is 1. The second-order valence-corrected chi connectivity index (χ2v) is 14.1. The Hall–Kier alpha value is -7.55. The van der Waals surface area contributed by atoms with Gasteiger partial charge in [0.15, 0.2) is 23.1 Å². The van der Waals surface area contributed by atoms with Gasteiger partial charge in [-0.1, -0.05) is 97.1 Å². The number of ether oxygens (including phenoxy) is 2. The van der Waals surface area contributed by atoms with E-state index in [2.05, 4.69) is 10.3 Å². The normalized spacial score (nSPS) is 11.8. The number of carbonyl (C=O) groups excluding carboxylic acids is 1.